The van der Waals surface area contributed by atoms with Crippen LogP contribution in [0.5, 0.6) is 0 Å². The van der Waals surface area contributed by atoms with Crippen molar-refractivity contribution in [1.82, 2.24) is 0 Å². The van der Waals surface area contributed by atoms with Crippen LogP contribution in [-0.2, 0) is 14.4 Å². The van der Waals surface area contributed by atoms with Crippen LogP contribution in [0.1, 0.15) is 19.3 Å². The molecular weight excluding hydrogens is 152 g/mol. The summed E-state index contributed by atoms with van der Waals surface area (Å²) in [7, 11) is 0. The van der Waals surface area contributed by atoms with Crippen molar-refractivity contribution in [3.63, 3.8) is 0 Å². The van der Waals surface area contributed by atoms with Crippen molar-refractivity contribution in [2.75, 3.05) is 0 Å². The van der Waals surface area contributed by atoms with Gasteiger partial charge in [-0.05, 0) is 12.8 Å². The van der Waals surface area contributed by atoms with Gasteiger partial charge in [0, 0.05) is 12.4 Å². The Balaban J connectivity index is 3.47. The van der Waals surface area contributed by atoms with Crippen molar-refractivity contribution in [2.45, 2.75) is 19.3 Å². The van der Waals surface area contributed by atoms with E-state index in [9.17, 15) is 19.5 Å². The Morgan fingerprint density at radius 1 is 1.18 bits per heavy atom. The van der Waals surface area contributed by atoms with E-state index < -0.39 is 17.7 Å². The quantitative estimate of drug-likeness (QED) is 0.496. The lowest BCUT2D eigenvalue weighted by Crippen LogP contribution is -2.22. The molecule has 62 valence electrons. The third-order valence-electron chi connectivity index (χ3n) is 1.02. The van der Waals surface area contributed by atoms with Crippen molar-refractivity contribution in [2.24, 2.45) is 0 Å². The minimum Gasteiger partial charge on any atom is -0.550 e. The average molecular weight is 159 g/mol. The lowest BCUT2D eigenvalue weighted by molar-refractivity contribution is -0.305. The number of carboxylic acids is 2. The Labute approximate surface area is 62.6 Å². The maximum Gasteiger partial charge on any atom is 0.372 e. The molecule has 0 fully saturated rings. The van der Waals surface area contributed by atoms with E-state index in [0.29, 0.717) is 0 Å². The summed E-state index contributed by atoms with van der Waals surface area (Å²) in [6.07, 6.45) is -0.504. The van der Waals surface area contributed by atoms with Crippen LogP contribution >= 0.6 is 0 Å². The summed E-state index contributed by atoms with van der Waals surface area (Å²) in [5.41, 5.74) is 0. The van der Waals surface area contributed by atoms with Crippen molar-refractivity contribution in [3.05, 3.63) is 0 Å². The molecule has 0 saturated carbocycles. The van der Waals surface area contributed by atoms with Gasteiger partial charge >= 0.3 is 5.97 Å². The van der Waals surface area contributed by atoms with Crippen LogP contribution in [0.25, 0.3) is 0 Å². The maximum absolute atomic E-state index is 10.3. The van der Waals surface area contributed by atoms with Crippen molar-refractivity contribution < 1.29 is 24.6 Å². The number of hydrogen-bond acceptors (Lipinski definition) is 4. The van der Waals surface area contributed by atoms with Gasteiger partial charge in [-0.15, -0.1) is 0 Å². The smallest absolute Gasteiger partial charge is 0.372 e. The Kier molecular flexibility index (Phi) is 3.87. The number of rotatable bonds is 5. The Morgan fingerprint density at radius 3 is 2.09 bits per heavy atom. The van der Waals surface area contributed by atoms with Gasteiger partial charge in [0.2, 0.25) is 5.78 Å². The van der Waals surface area contributed by atoms with Crippen LogP contribution in [0.15, 0.2) is 0 Å². The highest BCUT2D eigenvalue weighted by Crippen LogP contribution is 1.94. The average Bonchev–Trinajstić information content (AvgIpc) is 1.86. The first-order chi connectivity index (χ1) is 5.04. The molecule has 0 aromatic carbocycles. The molecule has 0 atom stereocenters. The van der Waals surface area contributed by atoms with E-state index in [1.807, 2.05) is 0 Å². The first-order valence-corrected chi connectivity index (χ1v) is 3.00. The summed E-state index contributed by atoms with van der Waals surface area (Å²) in [6.45, 7) is 0. The van der Waals surface area contributed by atoms with Crippen molar-refractivity contribution in [1.29, 1.82) is 0 Å². The molecule has 0 rings (SSSR count). The molecular formula is C6H7O5-. The predicted molar refractivity (Wildman–Crippen MR) is 31.5 cm³/mol. The lowest BCUT2D eigenvalue weighted by atomic mass is 10.2. The van der Waals surface area contributed by atoms with Gasteiger partial charge < -0.3 is 15.0 Å². The molecule has 1 N–H and O–H groups in total. The molecule has 5 nitrogen and oxygen atoms in total. The fourth-order valence-electron chi connectivity index (χ4n) is 0.500. The van der Waals surface area contributed by atoms with Crippen LogP contribution in [-0.4, -0.2) is 22.8 Å². The molecule has 0 radical (unpaired) electrons. The largest absolute Gasteiger partial charge is 0.550 e. The molecule has 0 aliphatic heterocycles. The third-order valence-corrected chi connectivity index (χ3v) is 1.02. The fourth-order valence-corrected chi connectivity index (χ4v) is 0.500. The van der Waals surface area contributed by atoms with Gasteiger partial charge in [0.25, 0.3) is 0 Å². The highest BCUT2D eigenvalue weighted by Gasteiger charge is 2.09. The second kappa shape index (κ2) is 4.43. The first kappa shape index (κ1) is 9.61. The van der Waals surface area contributed by atoms with Crippen LogP contribution in [0.4, 0.5) is 0 Å². The van der Waals surface area contributed by atoms with Gasteiger partial charge in [0.15, 0.2) is 0 Å². The summed E-state index contributed by atoms with van der Waals surface area (Å²) < 4.78 is 0. The molecule has 0 aliphatic rings. The number of carboxylic acid groups (broad SMARTS) is 2. The molecule has 11 heavy (non-hydrogen) atoms. The van der Waals surface area contributed by atoms with Gasteiger partial charge in [-0.1, -0.05) is 0 Å². The number of carbonyl (C=O) groups is 3. The number of hydrogen-bond donors (Lipinski definition) is 1. The van der Waals surface area contributed by atoms with Gasteiger partial charge in [0.05, 0.1) is 0 Å². The van der Waals surface area contributed by atoms with Crippen LogP contribution in [0.3, 0.4) is 0 Å². The van der Waals surface area contributed by atoms with Gasteiger partial charge in [-0.25, -0.2) is 4.79 Å². The van der Waals surface area contributed by atoms with Crippen LogP contribution in [0, 0.1) is 0 Å². The predicted octanol–water partition coefficient (Wildman–Crippen LogP) is -1.44. The minimum absolute atomic E-state index is 0.0213. The summed E-state index contributed by atoms with van der Waals surface area (Å²) in [5, 5.41) is 17.8. The molecule has 0 bridgehead atoms. The molecule has 0 aromatic heterocycles. The molecule has 0 amide bonds. The van der Waals surface area contributed by atoms with E-state index in [2.05, 4.69) is 0 Å². The van der Waals surface area contributed by atoms with Gasteiger partial charge in [0.1, 0.15) is 0 Å². The monoisotopic (exact) mass is 159 g/mol. The van der Waals surface area contributed by atoms with E-state index in [1.165, 1.54) is 0 Å². The number of aliphatic carboxylic acids is 2. The van der Waals surface area contributed by atoms with Gasteiger partial charge in [-0.2, -0.15) is 0 Å². The van der Waals surface area contributed by atoms with E-state index in [0.717, 1.165) is 0 Å². The van der Waals surface area contributed by atoms with E-state index in [1.54, 1.807) is 0 Å². The lowest BCUT2D eigenvalue weighted by Gasteiger charge is -1.98. The second-order valence-corrected chi connectivity index (χ2v) is 1.95. The Hall–Kier alpha value is -1.39. The van der Waals surface area contributed by atoms with Crippen LogP contribution in [0.2, 0.25) is 0 Å². The van der Waals surface area contributed by atoms with Gasteiger partial charge in [-0.3, -0.25) is 4.79 Å². The molecule has 0 heterocycles. The first-order valence-electron chi connectivity index (χ1n) is 3.00. The standard InChI is InChI=1S/C6H8O5/c7-4(6(10)11)2-1-3-5(8)9/h1-3H2,(H,8,9)(H,10,11)/p-1. The summed E-state index contributed by atoms with van der Waals surface area (Å²) in [5.74, 6) is -3.77. The van der Waals surface area contributed by atoms with Crippen LogP contribution < -0.4 is 5.11 Å². The number of ketones is 1. The topological polar surface area (TPSA) is 94.5 Å². The zero-order chi connectivity index (χ0) is 8.85. The van der Waals surface area contributed by atoms with Crippen molar-refractivity contribution in [3.8, 4) is 0 Å². The maximum atomic E-state index is 10.3. The van der Waals surface area contributed by atoms with E-state index in [-0.39, 0.29) is 19.3 Å². The second-order valence-electron chi connectivity index (χ2n) is 1.95. The summed E-state index contributed by atoms with van der Waals surface area (Å²) in [4.78, 5) is 30.0. The minimum atomic E-state index is -1.52. The van der Waals surface area contributed by atoms with E-state index in [4.69, 9.17) is 5.11 Å². The zero-order valence-electron chi connectivity index (χ0n) is 5.70. The highest BCUT2D eigenvalue weighted by molar-refractivity contribution is 6.32. The molecule has 0 unspecified atom stereocenters. The number of Topliss-reactive ketones (excluding diaryl/α,β-unsaturated/α-hetero) is 1. The molecule has 0 spiro atoms. The fraction of sp³-hybridized carbons (Fsp3) is 0.500. The molecule has 5 heteroatoms. The highest BCUT2D eigenvalue weighted by atomic mass is 16.4. The number of carbonyl (C=O) groups excluding carboxylic acids is 2. The summed E-state index contributed by atoms with van der Waals surface area (Å²) >= 11 is 0. The Bertz CT molecular complexity index is 183. The van der Waals surface area contributed by atoms with E-state index >= 15 is 0 Å². The molecule has 0 aromatic rings. The molecule has 0 saturated heterocycles. The third kappa shape index (κ3) is 5.07. The molecule has 0 aliphatic carbocycles. The van der Waals surface area contributed by atoms with Crippen molar-refractivity contribution >= 4 is 17.7 Å². The summed E-state index contributed by atoms with van der Waals surface area (Å²) in [6, 6.07) is 0. The SMILES string of the molecule is O=C([O-])CCCC(=O)C(=O)O. The zero-order valence-corrected chi connectivity index (χ0v) is 5.70. The normalized spacial score (nSPS) is 9.09. The Morgan fingerprint density at radius 2 is 1.73 bits per heavy atom.